The Hall–Kier alpha value is -1.90. The van der Waals surface area contributed by atoms with Gasteiger partial charge in [-0.05, 0) is 96.2 Å². The van der Waals surface area contributed by atoms with Crippen LogP contribution in [0.15, 0.2) is 72.8 Å². The highest BCUT2D eigenvalue weighted by Crippen LogP contribution is 2.52. The van der Waals surface area contributed by atoms with E-state index in [1.165, 1.54) is 43.8 Å². The number of benzene rings is 4. The summed E-state index contributed by atoms with van der Waals surface area (Å²) in [6.45, 7) is 26.0. The second kappa shape index (κ2) is 15.1. The van der Waals surface area contributed by atoms with Gasteiger partial charge in [-0.25, -0.2) is 0 Å². The minimum atomic E-state index is -0.380. The van der Waals surface area contributed by atoms with Crippen LogP contribution in [0.5, 0.6) is 0 Å². The Labute approximate surface area is 272 Å². The Balaban J connectivity index is 2.32. The molecule has 2 atom stereocenters. The summed E-state index contributed by atoms with van der Waals surface area (Å²) in [5.41, 5.74) is 5.37. The van der Waals surface area contributed by atoms with Gasteiger partial charge in [0.05, 0.1) is 0 Å². The molecule has 0 aliphatic heterocycles. The molecule has 2 unspecified atom stereocenters. The summed E-state index contributed by atoms with van der Waals surface area (Å²) in [7, 11) is 6.72. The second-order valence-corrected chi connectivity index (χ2v) is 13.2. The third kappa shape index (κ3) is 5.88. The summed E-state index contributed by atoms with van der Waals surface area (Å²) < 4.78 is 0. The van der Waals surface area contributed by atoms with E-state index in [-0.39, 0.29) is 10.8 Å². The maximum atomic E-state index is 3.36. The Morgan fingerprint density at radius 2 is 0.682 bits per heavy atom. The predicted octanol–water partition coefficient (Wildman–Crippen LogP) is 9.00. The lowest BCUT2D eigenvalue weighted by molar-refractivity contribution is 0.0211. The summed E-state index contributed by atoms with van der Waals surface area (Å²) >= 11 is 0. The van der Waals surface area contributed by atoms with E-state index in [0.29, 0.717) is 0 Å². The molecule has 0 N–H and O–H groups in total. The number of nitrogens with zero attached hydrogens (tertiary/aromatic N) is 4. The third-order valence-corrected chi connectivity index (χ3v) is 12.0. The van der Waals surface area contributed by atoms with E-state index in [2.05, 4.69) is 166 Å². The largest absolute Gasteiger partial charge is 0.279 e. The third-order valence-electron chi connectivity index (χ3n) is 9.88. The van der Waals surface area contributed by atoms with Gasteiger partial charge in [-0.2, -0.15) is 0 Å². The molecule has 44 heavy (non-hydrogen) atoms. The van der Waals surface area contributed by atoms with Crippen molar-refractivity contribution in [3.05, 3.63) is 83.9 Å². The fourth-order valence-electron chi connectivity index (χ4n) is 7.60. The van der Waals surface area contributed by atoms with Crippen LogP contribution in [0.25, 0.3) is 32.7 Å². The molecule has 6 heteroatoms. The maximum absolute atomic E-state index is 3.36. The Bertz CT molecular complexity index is 1380. The van der Waals surface area contributed by atoms with E-state index < -0.39 is 0 Å². The zero-order chi connectivity index (χ0) is 32.1. The van der Waals surface area contributed by atoms with Gasteiger partial charge in [0.15, 0.2) is 0 Å². The first-order valence-electron chi connectivity index (χ1n) is 16.9. The lowest BCUT2D eigenvalue weighted by atomic mass is 9.84. The van der Waals surface area contributed by atoms with Gasteiger partial charge in [0, 0.05) is 0 Å². The lowest BCUT2D eigenvalue weighted by Gasteiger charge is -2.50. The molecule has 0 fully saturated rings. The van der Waals surface area contributed by atoms with E-state index >= 15 is 0 Å². The van der Waals surface area contributed by atoms with Crippen LogP contribution in [-0.4, -0.2) is 72.0 Å². The molecule has 0 aromatic heterocycles. The van der Waals surface area contributed by atoms with E-state index in [9.17, 15) is 0 Å². The first-order chi connectivity index (χ1) is 21.3. The van der Waals surface area contributed by atoms with Gasteiger partial charge in [0.2, 0.25) is 0 Å². The van der Waals surface area contributed by atoms with Crippen molar-refractivity contribution in [2.75, 3.05) is 52.4 Å². The van der Waals surface area contributed by atoms with Crippen molar-refractivity contribution in [1.82, 2.24) is 19.6 Å². The smallest absolute Gasteiger partial charge is 0.114 e. The van der Waals surface area contributed by atoms with Crippen LogP contribution >= 0.6 is 18.5 Å². The standard InChI is InChI=1S/C38H56N4P2/c1-9-39(10-2)37(43,40(11-3)12-4)33-27-25-29-21-17-19-23-31(29)35(33)36-32-24-20-18-22-30(32)26-28-34(36)38(44,41(13-5)14-6)42(15-7)16-8/h17-28H,9-16,43-44H2,1-8H3. The van der Waals surface area contributed by atoms with Crippen molar-refractivity contribution in [3.63, 3.8) is 0 Å². The minimum absolute atomic E-state index is 0.380. The fraction of sp³-hybridized carbons (Fsp3) is 0.474. The molecule has 4 nitrogen and oxygen atoms in total. The van der Waals surface area contributed by atoms with Crippen LogP contribution in [-0.2, 0) is 10.8 Å². The molecule has 238 valence electrons. The average Bonchev–Trinajstić information content (AvgIpc) is 3.05. The van der Waals surface area contributed by atoms with E-state index in [0.717, 1.165) is 52.4 Å². The molecule has 0 bridgehead atoms. The highest BCUT2D eigenvalue weighted by atomic mass is 31.0. The summed E-state index contributed by atoms with van der Waals surface area (Å²) in [4.78, 5) is 10.5. The number of hydrogen-bond donors (Lipinski definition) is 0. The molecule has 0 spiro atoms. The van der Waals surface area contributed by atoms with Crippen molar-refractivity contribution in [1.29, 1.82) is 0 Å². The molecule has 0 amide bonds. The van der Waals surface area contributed by atoms with Crippen molar-refractivity contribution in [3.8, 4) is 11.1 Å². The molecular weight excluding hydrogens is 574 g/mol. The summed E-state index contributed by atoms with van der Waals surface area (Å²) in [5.74, 6) is 0. The van der Waals surface area contributed by atoms with Crippen molar-refractivity contribution in [2.24, 2.45) is 0 Å². The van der Waals surface area contributed by atoms with Gasteiger partial charge >= 0.3 is 0 Å². The summed E-state index contributed by atoms with van der Waals surface area (Å²) in [5, 5.41) is 4.40. The van der Waals surface area contributed by atoms with Crippen LogP contribution in [0.2, 0.25) is 0 Å². The summed E-state index contributed by atoms with van der Waals surface area (Å²) in [6, 6.07) is 27.5. The molecule has 0 radical (unpaired) electrons. The summed E-state index contributed by atoms with van der Waals surface area (Å²) in [6.07, 6.45) is 0. The second-order valence-electron chi connectivity index (χ2n) is 11.6. The zero-order valence-electron chi connectivity index (χ0n) is 28.5. The van der Waals surface area contributed by atoms with Gasteiger partial charge in [-0.1, -0.05) is 147 Å². The van der Waals surface area contributed by atoms with E-state index in [1.54, 1.807) is 0 Å². The van der Waals surface area contributed by atoms with Crippen LogP contribution in [0.3, 0.4) is 0 Å². The maximum Gasteiger partial charge on any atom is 0.114 e. The molecule has 4 aromatic rings. The highest BCUT2D eigenvalue weighted by molar-refractivity contribution is 7.18. The van der Waals surface area contributed by atoms with Crippen molar-refractivity contribution >= 4 is 40.0 Å². The Morgan fingerprint density at radius 3 is 0.955 bits per heavy atom. The van der Waals surface area contributed by atoms with Gasteiger partial charge in [0.25, 0.3) is 0 Å². The van der Waals surface area contributed by atoms with E-state index in [4.69, 9.17) is 0 Å². The Morgan fingerprint density at radius 1 is 0.409 bits per heavy atom. The molecule has 0 heterocycles. The van der Waals surface area contributed by atoms with Gasteiger partial charge < -0.3 is 0 Å². The minimum Gasteiger partial charge on any atom is -0.279 e. The van der Waals surface area contributed by atoms with Crippen LogP contribution in [0.4, 0.5) is 0 Å². The van der Waals surface area contributed by atoms with Gasteiger partial charge in [0.1, 0.15) is 10.8 Å². The molecule has 0 saturated carbocycles. The molecule has 4 aromatic carbocycles. The zero-order valence-corrected chi connectivity index (χ0v) is 30.8. The van der Waals surface area contributed by atoms with Crippen LogP contribution < -0.4 is 0 Å². The number of fused-ring (bicyclic) bond motifs is 2. The highest BCUT2D eigenvalue weighted by Gasteiger charge is 2.43. The molecular formula is C38H56N4P2. The topological polar surface area (TPSA) is 13.0 Å². The molecule has 0 aliphatic carbocycles. The SMILES string of the molecule is CCN(CC)C(P)(c1ccc2ccccc2c1-c1c(C(P)(N(CC)CC)N(CC)CC)ccc2ccccc12)N(CC)CC. The monoisotopic (exact) mass is 630 g/mol. The number of hydrogen-bond acceptors (Lipinski definition) is 4. The van der Waals surface area contributed by atoms with E-state index in [1.807, 2.05) is 0 Å². The Kier molecular flexibility index (Phi) is 12.0. The molecule has 0 saturated heterocycles. The molecule has 4 rings (SSSR count). The number of rotatable bonds is 15. The van der Waals surface area contributed by atoms with Crippen molar-refractivity contribution in [2.45, 2.75) is 66.2 Å². The van der Waals surface area contributed by atoms with Gasteiger partial charge in [-0.3, -0.25) is 19.6 Å². The van der Waals surface area contributed by atoms with Crippen LogP contribution in [0.1, 0.15) is 66.5 Å². The normalized spacial score (nSPS) is 13.0. The van der Waals surface area contributed by atoms with Crippen LogP contribution in [0, 0.1) is 0 Å². The lowest BCUT2D eigenvalue weighted by Crippen LogP contribution is -2.55. The quantitative estimate of drug-likeness (QED) is 0.0960. The predicted molar refractivity (Wildman–Crippen MR) is 201 cm³/mol. The average molecular weight is 631 g/mol. The first kappa shape index (κ1) is 35.0. The van der Waals surface area contributed by atoms with Crippen molar-refractivity contribution < 1.29 is 0 Å². The first-order valence-corrected chi connectivity index (χ1v) is 18.0. The molecule has 0 aliphatic rings. The van der Waals surface area contributed by atoms with Gasteiger partial charge in [-0.15, -0.1) is 0 Å². The fourth-order valence-corrected chi connectivity index (χ4v) is 9.54.